The Morgan fingerprint density at radius 3 is 2.91 bits per heavy atom. The fourth-order valence-electron chi connectivity index (χ4n) is 2.53. The number of carbonyl (C=O) groups excluding carboxylic acids is 1. The van der Waals surface area contributed by atoms with Crippen LogP contribution in [-0.4, -0.2) is 37.1 Å². The van der Waals surface area contributed by atoms with E-state index in [0.717, 1.165) is 25.9 Å². The normalized spacial score (nSPS) is 16.5. The fraction of sp³-hybridized carbons (Fsp3) is 0.533. The molecular weight excluding hydrogens is 322 g/mol. The molecule has 1 saturated heterocycles. The Hall–Kier alpha value is -1.86. The molecule has 0 aromatic heterocycles. The summed E-state index contributed by atoms with van der Waals surface area (Å²) in [5.74, 6) is 0.480. The lowest BCUT2D eigenvalue weighted by Gasteiger charge is -2.10. The summed E-state index contributed by atoms with van der Waals surface area (Å²) in [4.78, 5) is 22.6. The Bertz CT molecular complexity index is 548. The molecule has 1 aliphatic heterocycles. The second kappa shape index (κ2) is 9.32. The Morgan fingerprint density at radius 1 is 1.52 bits per heavy atom. The molecule has 2 N–H and O–H groups in total. The number of halogens is 1. The highest BCUT2D eigenvalue weighted by Crippen LogP contribution is 2.27. The summed E-state index contributed by atoms with van der Waals surface area (Å²) in [7, 11) is 0. The standard InChI is InChI=1S/C15H21N3O4.ClH/c1-2-22-14-4-3-12(9-13(14)18(20)21)15(19)17-8-6-11-5-7-16-10-11;/h3-4,9,11,16H,2,5-8,10H2,1H3,(H,17,19);1H. The number of carbonyl (C=O) groups is 1. The van der Waals surface area contributed by atoms with Crippen LogP contribution >= 0.6 is 12.4 Å². The van der Waals surface area contributed by atoms with Crippen molar-refractivity contribution in [2.45, 2.75) is 19.8 Å². The van der Waals surface area contributed by atoms with E-state index in [4.69, 9.17) is 4.74 Å². The molecule has 1 aromatic carbocycles. The van der Waals surface area contributed by atoms with Crippen molar-refractivity contribution in [3.63, 3.8) is 0 Å². The molecular formula is C15H22ClN3O4. The molecule has 0 saturated carbocycles. The third-order valence-electron chi connectivity index (χ3n) is 3.72. The van der Waals surface area contributed by atoms with Crippen LogP contribution in [0.5, 0.6) is 5.75 Å². The number of hydrogen-bond acceptors (Lipinski definition) is 5. The Kier molecular flexibility index (Phi) is 7.77. The molecule has 7 nitrogen and oxygen atoms in total. The highest BCUT2D eigenvalue weighted by Gasteiger charge is 2.19. The van der Waals surface area contributed by atoms with Gasteiger partial charge in [-0.25, -0.2) is 0 Å². The Balaban J connectivity index is 0.00000264. The van der Waals surface area contributed by atoms with Crippen LogP contribution in [-0.2, 0) is 0 Å². The predicted octanol–water partition coefficient (Wildman–Crippen LogP) is 2.14. The van der Waals surface area contributed by atoms with Crippen molar-refractivity contribution in [2.24, 2.45) is 5.92 Å². The third kappa shape index (κ3) is 5.37. The molecule has 1 heterocycles. The van der Waals surface area contributed by atoms with Gasteiger partial charge >= 0.3 is 5.69 Å². The lowest BCUT2D eigenvalue weighted by Crippen LogP contribution is -2.26. The molecule has 1 fully saturated rings. The zero-order valence-corrected chi connectivity index (χ0v) is 13.9. The van der Waals surface area contributed by atoms with Crippen LogP contribution in [0.15, 0.2) is 18.2 Å². The quantitative estimate of drug-likeness (QED) is 0.584. The number of nitrogens with one attached hydrogen (secondary N) is 2. The van der Waals surface area contributed by atoms with Gasteiger partial charge in [-0.1, -0.05) is 0 Å². The third-order valence-corrected chi connectivity index (χ3v) is 3.72. The molecule has 128 valence electrons. The Labute approximate surface area is 141 Å². The van der Waals surface area contributed by atoms with Crippen molar-refractivity contribution < 1.29 is 14.5 Å². The maximum Gasteiger partial charge on any atom is 0.311 e. The van der Waals surface area contributed by atoms with E-state index < -0.39 is 4.92 Å². The highest BCUT2D eigenvalue weighted by molar-refractivity contribution is 5.95. The first kappa shape index (κ1) is 19.2. The van der Waals surface area contributed by atoms with Crippen molar-refractivity contribution in [1.82, 2.24) is 10.6 Å². The predicted molar refractivity (Wildman–Crippen MR) is 89.4 cm³/mol. The minimum absolute atomic E-state index is 0. The maximum atomic E-state index is 12.1. The molecule has 0 aliphatic carbocycles. The second-order valence-corrected chi connectivity index (χ2v) is 5.28. The van der Waals surface area contributed by atoms with E-state index in [2.05, 4.69) is 10.6 Å². The summed E-state index contributed by atoms with van der Waals surface area (Å²) in [6.45, 7) is 4.68. The van der Waals surface area contributed by atoms with Gasteiger partial charge in [0.15, 0.2) is 5.75 Å². The SMILES string of the molecule is CCOc1ccc(C(=O)NCCC2CCNC2)cc1[N+](=O)[O-].Cl. The molecule has 1 aromatic rings. The lowest BCUT2D eigenvalue weighted by molar-refractivity contribution is -0.385. The van der Waals surface area contributed by atoms with Crippen LogP contribution in [0.1, 0.15) is 30.1 Å². The van der Waals surface area contributed by atoms with E-state index in [1.54, 1.807) is 13.0 Å². The average molecular weight is 344 g/mol. The van der Waals surface area contributed by atoms with E-state index in [1.807, 2.05) is 0 Å². The van der Waals surface area contributed by atoms with Gasteiger partial charge in [0.25, 0.3) is 5.91 Å². The largest absolute Gasteiger partial charge is 0.487 e. The second-order valence-electron chi connectivity index (χ2n) is 5.28. The summed E-state index contributed by atoms with van der Waals surface area (Å²) in [5, 5.41) is 17.1. The summed E-state index contributed by atoms with van der Waals surface area (Å²) in [5.41, 5.74) is 0.0918. The smallest absolute Gasteiger partial charge is 0.311 e. The van der Waals surface area contributed by atoms with Crippen LogP contribution < -0.4 is 15.4 Å². The summed E-state index contributed by atoms with van der Waals surface area (Å²) < 4.78 is 5.20. The minimum Gasteiger partial charge on any atom is -0.487 e. The van der Waals surface area contributed by atoms with Crippen LogP contribution in [0.4, 0.5) is 5.69 Å². The van der Waals surface area contributed by atoms with Gasteiger partial charge in [-0.15, -0.1) is 12.4 Å². The van der Waals surface area contributed by atoms with E-state index in [9.17, 15) is 14.9 Å². The molecule has 0 spiro atoms. The molecule has 1 aliphatic rings. The van der Waals surface area contributed by atoms with Gasteiger partial charge in [-0.2, -0.15) is 0 Å². The molecule has 1 atom stereocenters. The van der Waals surface area contributed by atoms with Crippen molar-refractivity contribution >= 4 is 24.0 Å². The molecule has 1 amide bonds. The highest BCUT2D eigenvalue weighted by atomic mass is 35.5. The van der Waals surface area contributed by atoms with Crippen molar-refractivity contribution in [3.05, 3.63) is 33.9 Å². The summed E-state index contributed by atoms with van der Waals surface area (Å²) in [6.07, 6.45) is 2.04. The Morgan fingerprint density at radius 2 is 2.30 bits per heavy atom. The number of benzene rings is 1. The van der Waals surface area contributed by atoms with Crippen molar-refractivity contribution in [3.8, 4) is 5.75 Å². The maximum absolute atomic E-state index is 12.1. The molecule has 1 unspecified atom stereocenters. The van der Waals surface area contributed by atoms with E-state index in [0.29, 0.717) is 19.1 Å². The molecule has 8 heteroatoms. The van der Waals surface area contributed by atoms with Gasteiger partial charge in [0.05, 0.1) is 11.5 Å². The monoisotopic (exact) mass is 343 g/mol. The van der Waals surface area contributed by atoms with E-state index >= 15 is 0 Å². The zero-order chi connectivity index (χ0) is 15.9. The lowest BCUT2D eigenvalue weighted by atomic mass is 10.1. The average Bonchev–Trinajstić information content (AvgIpc) is 3.01. The minimum atomic E-state index is -0.536. The number of ether oxygens (including phenoxy) is 1. The molecule has 2 rings (SSSR count). The van der Waals surface area contributed by atoms with Crippen molar-refractivity contribution in [1.29, 1.82) is 0 Å². The van der Waals surface area contributed by atoms with E-state index in [1.165, 1.54) is 12.1 Å². The summed E-state index contributed by atoms with van der Waals surface area (Å²) in [6, 6.07) is 4.28. The van der Waals surface area contributed by atoms with Crippen LogP contribution in [0.25, 0.3) is 0 Å². The number of nitrogens with zero attached hydrogens (tertiary/aromatic N) is 1. The van der Waals surface area contributed by atoms with Crippen LogP contribution in [0.2, 0.25) is 0 Å². The van der Waals surface area contributed by atoms with Crippen LogP contribution in [0, 0.1) is 16.0 Å². The summed E-state index contributed by atoms with van der Waals surface area (Å²) >= 11 is 0. The first-order valence-corrected chi connectivity index (χ1v) is 7.52. The van der Waals surface area contributed by atoms with Gasteiger partial charge in [0.1, 0.15) is 0 Å². The van der Waals surface area contributed by atoms with Gasteiger partial charge in [-0.3, -0.25) is 14.9 Å². The molecule has 23 heavy (non-hydrogen) atoms. The zero-order valence-electron chi connectivity index (χ0n) is 13.0. The number of amides is 1. The van der Waals surface area contributed by atoms with Crippen LogP contribution in [0.3, 0.4) is 0 Å². The number of nitro benzene ring substituents is 1. The van der Waals surface area contributed by atoms with Gasteiger partial charge in [-0.05, 0) is 50.9 Å². The fourth-order valence-corrected chi connectivity index (χ4v) is 2.53. The van der Waals surface area contributed by atoms with E-state index in [-0.39, 0.29) is 35.3 Å². The number of nitro groups is 1. The topological polar surface area (TPSA) is 93.5 Å². The van der Waals surface area contributed by atoms with Crippen molar-refractivity contribution in [2.75, 3.05) is 26.2 Å². The number of hydrogen-bond donors (Lipinski definition) is 2. The molecule has 0 bridgehead atoms. The van der Waals surface area contributed by atoms with Gasteiger partial charge < -0.3 is 15.4 Å². The first-order valence-electron chi connectivity index (χ1n) is 7.52. The van der Waals surface area contributed by atoms with Gasteiger partial charge in [0, 0.05) is 18.2 Å². The first-order chi connectivity index (χ1) is 10.6. The van der Waals surface area contributed by atoms with Gasteiger partial charge in [0.2, 0.25) is 0 Å². The number of rotatable bonds is 7. The molecule has 0 radical (unpaired) electrons.